The zero-order valence-electron chi connectivity index (χ0n) is 21.2. The Morgan fingerprint density at radius 2 is 1.89 bits per heavy atom. The van der Waals surface area contributed by atoms with Crippen molar-refractivity contribution in [1.29, 1.82) is 0 Å². The molecule has 182 valence electrons. The van der Waals surface area contributed by atoms with E-state index >= 15 is 0 Å². The van der Waals surface area contributed by atoms with Crippen LogP contribution in [0.25, 0.3) is 11.4 Å². The molecule has 2 heterocycles. The van der Waals surface area contributed by atoms with E-state index in [1.807, 2.05) is 35.9 Å². The number of allylic oxidation sites excluding steroid dienone is 2. The largest absolute Gasteiger partial charge is 0.493 e. The van der Waals surface area contributed by atoms with E-state index in [0.717, 1.165) is 28.8 Å². The molecule has 1 aliphatic carbocycles. The number of ether oxygens (including phenoxy) is 2. The van der Waals surface area contributed by atoms with Gasteiger partial charge in [0.15, 0.2) is 23.1 Å². The Morgan fingerprint density at radius 1 is 1.09 bits per heavy atom. The van der Waals surface area contributed by atoms with Crippen LogP contribution in [0.4, 0.5) is 5.95 Å². The van der Waals surface area contributed by atoms with Gasteiger partial charge in [-0.15, -0.1) is 5.10 Å². The number of fused-ring (bicyclic) bond motifs is 1. The number of carbonyl (C=O) groups excluding carboxylic acids is 1. The number of benzene rings is 2. The van der Waals surface area contributed by atoms with Crippen LogP contribution in [0.1, 0.15) is 56.3 Å². The molecule has 2 aromatic carbocycles. The van der Waals surface area contributed by atoms with Gasteiger partial charge < -0.3 is 14.8 Å². The van der Waals surface area contributed by atoms with Crippen LogP contribution in [0.15, 0.2) is 47.7 Å². The van der Waals surface area contributed by atoms with Crippen LogP contribution in [0.5, 0.6) is 11.5 Å². The van der Waals surface area contributed by atoms with Crippen molar-refractivity contribution in [1.82, 2.24) is 14.8 Å². The summed E-state index contributed by atoms with van der Waals surface area (Å²) in [6.07, 6.45) is 1.26. The van der Waals surface area contributed by atoms with E-state index in [0.29, 0.717) is 36.3 Å². The summed E-state index contributed by atoms with van der Waals surface area (Å²) in [6.45, 7) is 10.9. The molecule has 0 bridgehead atoms. The average Bonchev–Trinajstić information content (AvgIpc) is 3.23. The molecule has 0 radical (unpaired) electrons. The number of hydrogen-bond acceptors (Lipinski definition) is 6. The summed E-state index contributed by atoms with van der Waals surface area (Å²) in [6, 6.07) is 11.7. The van der Waals surface area contributed by atoms with E-state index in [4.69, 9.17) is 19.6 Å². The highest BCUT2D eigenvalue weighted by atomic mass is 16.5. The van der Waals surface area contributed by atoms with Gasteiger partial charge in [-0.25, -0.2) is 4.68 Å². The Bertz CT molecular complexity index is 1350. The third kappa shape index (κ3) is 4.09. The lowest BCUT2D eigenvalue weighted by atomic mass is 9.73. The molecule has 0 spiro atoms. The fourth-order valence-corrected chi connectivity index (χ4v) is 5.05. The van der Waals surface area contributed by atoms with Crippen LogP contribution in [-0.4, -0.2) is 34.3 Å². The smallest absolute Gasteiger partial charge is 0.226 e. The van der Waals surface area contributed by atoms with Crippen molar-refractivity contribution in [3.63, 3.8) is 0 Å². The Hall–Kier alpha value is -3.61. The Balaban J connectivity index is 1.67. The van der Waals surface area contributed by atoms with E-state index < -0.39 is 6.04 Å². The standard InChI is InChI=1S/C28H32N4O3/c1-7-35-22-11-10-18(13-23(22)34-6)25-24-20(14-28(4,5)15-21(24)33)29-27-30-26(31-32(25)27)19-9-8-16(2)17(3)12-19/h8-13,25H,7,14-15H2,1-6H3,(H,29,30,31). The SMILES string of the molecule is CCOc1ccc(C2C3=C(CC(C)(C)CC3=O)Nc3nc(-c4ccc(C)c(C)c4)nn32)cc1OC. The first-order valence-electron chi connectivity index (χ1n) is 12.1. The third-order valence-corrected chi connectivity index (χ3v) is 6.90. The van der Waals surface area contributed by atoms with Gasteiger partial charge >= 0.3 is 0 Å². The number of methoxy groups -OCH3 is 1. The lowest BCUT2D eigenvalue weighted by Gasteiger charge is -2.38. The summed E-state index contributed by atoms with van der Waals surface area (Å²) in [4.78, 5) is 18.4. The molecular weight excluding hydrogens is 440 g/mol. The van der Waals surface area contributed by atoms with Gasteiger partial charge in [0, 0.05) is 23.3 Å². The summed E-state index contributed by atoms with van der Waals surface area (Å²) < 4.78 is 13.2. The summed E-state index contributed by atoms with van der Waals surface area (Å²) in [5, 5.41) is 8.36. The predicted molar refractivity (Wildman–Crippen MR) is 136 cm³/mol. The quantitative estimate of drug-likeness (QED) is 0.519. The second-order valence-electron chi connectivity index (χ2n) is 10.2. The molecule has 1 unspecified atom stereocenters. The Morgan fingerprint density at radius 3 is 2.60 bits per heavy atom. The van der Waals surface area contributed by atoms with E-state index in [1.54, 1.807) is 7.11 Å². The zero-order valence-corrected chi connectivity index (χ0v) is 21.2. The van der Waals surface area contributed by atoms with Gasteiger partial charge in [-0.1, -0.05) is 32.0 Å². The average molecular weight is 473 g/mol. The molecule has 1 N–H and O–H groups in total. The molecule has 3 aromatic rings. The summed E-state index contributed by atoms with van der Waals surface area (Å²) >= 11 is 0. The molecule has 1 atom stereocenters. The predicted octanol–water partition coefficient (Wildman–Crippen LogP) is 5.63. The molecule has 0 saturated carbocycles. The first-order chi connectivity index (χ1) is 16.7. The van der Waals surface area contributed by atoms with Crippen molar-refractivity contribution in [3.8, 4) is 22.9 Å². The fourth-order valence-electron chi connectivity index (χ4n) is 5.05. The van der Waals surface area contributed by atoms with Crippen molar-refractivity contribution in [2.45, 2.75) is 53.5 Å². The van der Waals surface area contributed by atoms with Crippen molar-refractivity contribution >= 4 is 11.7 Å². The molecule has 35 heavy (non-hydrogen) atoms. The molecule has 1 aliphatic heterocycles. The van der Waals surface area contributed by atoms with Crippen LogP contribution in [0, 0.1) is 19.3 Å². The van der Waals surface area contributed by atoms with Gasteiger partial charge in [-0.3, -0.25) is 4.79 Å². The van der Waals surface area contributed by atoms with Crippen molar-refractivity contribution in [2.75, 3.05) is 19.0 Å². The van der Waals surface area contributed by atoms with Crippen molar-refractivity contribution in [2.24, 2.45) is 5.41 Å². The minimum Gasteiger partial charge on any atom is -0.493 e. The van der Waals surface area contributed by atoms with Gasteiger partial charge in [0.25, 0.3) is 0 Å². The maximum absolute atomic E-state index is 13.5. The summed E-state index contributed by atoms with van der Waals surface area (Å²) in [5.74, 6) is 2.71. The van der Waals surface area contributed by atoms with Crippen molar-refractivity contribution < 1.29 is 14.3 Å². The lowest BCUT2D eigenvalue weighted by molar-refractivity contribution is -0.118. The topological polar surface area (TPSA) is 78.3 Å². The number of rotatable bonds is 5. The van der Waals surface area contributed by atoms with E-state index in [2.05, 4.69) is 45.1 Å². The molecule has 0 saturated heterocycles. The van der Waals surface area contributed by atoms with Crippen molar-refractivity contribution in [3.05, 3.63) is 64.4 Å². The van der Waals surface area contributed by atoms with E-state index in [-0.39, 0.29) is 11.2 Å². The van der Waals surface area contributed by atoms with E-state index in [9.17, 15) is 4.79 Å². The molecule has 7 nitrogen and oxygen atoms in total. The first-order valence-corrected chi connectivity index (χ1v) is 12.1. The van der Waals surface area contributed by atoms with Crippen LogP contribution in [0.3, 0.4) is 0 Å². The minimum atomic E-state index is -0.401. The van der Waals surface area contributed by atoms with Gasteiger partial charge in [0.05, 0.1) is 13.7 Å². The maximum atomic E-state index is 13.5. The zero-order chi connectivity index (χ0) is 24.9. The Kier molecular flexibility index (Phi) is 5.66. The minimum absolute atomic E-state index is 0.122. The number of carbonyl (C=O) groups is 1. The number of anilines is 1. The summed E-state index contributed by atoms with van der Waals surface area (Å²) in [5.41, 5.74) is 5.82. The highest BCUT2D eigenvalue weighted by molar-refractivity contribution is 6.00. The van der Waals surface area contributed by atoms with E-state index in [1.165, 1.54) is 11.1 Å². The second-order valence-corrected chi connectivity index (χ2v) is 10.2. The highest BCUT2D eigenvalue weighted by Crippen LogP contribution is 2.46. The maximum Gasteiger partial charge on any atom is 0.226 e. The highest BCUT2D eigenvalue weighted by Gasteiger charge is 2.42. The monoisotopic (exact) mass is 472 g/mol. The molecule has 0 amide bonds. The lowest BCUT2D eigenvalue weighted by Crippen LogP contribution is -2.36. The second kappa shape index (κ2) is 8.56. The van der Waals surface area contributed by atoms with Crippen LogP contribution in [0.2, 0.25) is 0 Å². The molecule has 5 rings (SSSR count). The Labute approximate surface area is 206 Å². The normalized spacial score (nSPS) is 18.6. The number of aryl methyl sites for hydroxylation is 2. The number of hydrogen-bond donors (Lipinski definition) is 1. The molecule has 7 heteroatoms. The number of ketones is 1. The fraction of sp³-hybridized carbons (Fsp3) is 0.393. The van der Waals surface area contributed by atoms with Gasteiger partial charge in [0.1, 0.15) is 6.04 Å². The number of nitrogens with one attached hydrogen (secondary N) is 1. The first kappa shape index (κ1) is 23.1. The molecular formula is C28H32N4O3. The molecule has 1 aromatic heterocycles. The van der Waals surface area contributed by atoms with Gasteiger partial charge in [0.2, 0.25) is 5.95 Å². The van der Waals surface area contributed by atoms with Crippen LogP contribution < -0.4 is 14.8 Å². The number of nitrogens with zero attached hydrogens (tertiary/aromatic N) is 3. The molecule has 2 aliphatic rings. The van der Waals surface area contributed by atoms with Gasteiger partial charge in [-0.05, 0) is 67.5 Å². The number of Topliss-reactive ketones (excluding diaryl/α,β-unsaturated/α-hetero) is 1. The molecule has 0 fully saturated rings. The third-order valence-electron chi connectivity index (χ3n) is 6.90. The summed E-state index contributed by atoms with van der Waals surface area (Å²) in [7, 11) is 1.63. The van der Waals surface area contributed by atoms with Crippen LogP contribution >= 0.6 is 0 Å². The number of aromatic nitrogens is 3. The van der Waals surface area contributed by atoms with Gasteiger partial charge in [-0.2, -0.15) is 4.98 Å². The van der Waals surface area contributed by atoms with Crippen LogP contribution in [-0.2, 0) is 4.79 Å².